The molecule has 1 aromatic carbocycles. The third kappa shape index (κ3) is 1.67. The van der Waals surface area contributed by atoms with Gasteiger partial charge in [-0.25, -0.2) is 0 Å². The molecule has 0 amide bonds. The predicted molar refractivity (Wildman–Crippen MR) is 51.0 cm³/mol. The molecule has 0 fully saturated rings. The number of aliphatic hydroxyl groups excluding tert-OH is 1. The summed E-state index contributed by atoms with van der Waals surface area (Å²) in [5.74, 6) is 1.04. The third-order valence-electron chi connectivity index (χ3n) is 2.30. The van der Waals surface area contributed by atoms with Crippen molar-refractivity contribution in [2.24, 2.45) is 0 Å². The van der Waals surface area contributed by atoms with Crippen LogP contribution in [0.25, 0.3) is 0 Å². The first-order valence-electron chi connectivity index (χ1n) is 4.16. The molecule has 0 saturated carbocycles. The molecule has 0 aliphatic carbocycles. The van der Waals surface area contributed by atoms with Crippen molar-refractivity contribution in [1.82, 2.24) is 0 Å². The summed E-state index contributed by atoms with van der Waals surface area (Å²) >= 11 is 0. The molecule has 0 unspecified atom stereocenters. The first-order chi connectivity index (χ1) is 5.66. The van der Waals surface area contributed by atoms with Crippen LogP contribution in [0, 0.1) is 19.8 Å². The Kier molecular flexibility index (Phi) is 2.88. The number of benzene rings is 1. The van der Waals surface area contributed by atoms with Crippen molar-refractivity contribution in [1.29, 1.82) is 0 Å². The van der Waals surface area contributed by atoms with Gasteiger partial charge in [0.1, 0.15) is 0 Å². The lowest BCUT2D eigenvalue weighted by atomic mass is 9.94. The Balaban J connectivity index is 3.07. The molecule has 1 heteroatoms. The highest BCUT2D eigenvalue weighted by Crippen LogP contribution is 2.20. The lowest BCUT2D eigenvalue weighted by Crippen LogP contribution is -2.03. The molecule has 0 atom stereocenters. The van der Waals surface area contributed by atoms with Crippen molar-refractivity contribution in [2.45, 2.75) is 20.8 Å². The zero-order valence-corrected chi connectivity index (χ0v) is 7.89. The van der Waals surface area contributed by atoms with E-state index < -0.39 is 0 Å². The summed E-state index contributed by atoms with van der Waals surface area (Å²) in [5, 5.41) is 8.97. The molecule has 12 heavy (non-hydrogen) atoms. The van der Waals surface area contributed by atoms with Crippen LogP contribution in [-0.2, 0) is 0 Å². The van der Waals surface area contributed by atoms with Gasteiger partial charge in [0.2, 0.25) is 0 Å². The van der Waals surface area contributed by atoms with Crippen LogP contribution >= 0.6 is 0 Å². The number of aryl methyl sites for hydroxylation is 1. The maximum Gasteiger partial charge on any atom is 0.0534 e. The Labute approximate surface area is 74.1 Å². The summed E-state index contributed by atoms with van der Waals surface area (Å²) in [5.41, 5.74) is 3.72. The van der Waals surface area contributed by atoms with E-state index in [1.54, 1.807) is 0 Å². The second-order valence-electron chi connectivity index (χ2n) is 3.19. The molecule has 0 spiro atoms. The van der Waals surface area contributed by atoms with Gasteiger partial charge in [-0.2, -0.15) is 0 Å². The summed E-state index contributed by atoms with van der Waals surface area (Å²) in [7, 11) is 0. The fourth-order valence-electron chi connectivity index (χ4n) is 1.30. The molecule has 0 aromatic heterocycles. The van der Waals surface area contributed by atoms with E-state index in [1.165, 1.54) is 16.7 Å². The predicted octanol–water partition coefficient (Wildman–Crippen LogP) is 2.24. The van der Waals surface area contributed by atoms with Crippen LogP contribution in [0.3, 0.4) is 0 Å². The summed E-state index contributed by atoms with van der Waals surface area (Å²) in [6.07, 6.45) is 0. The lowest BCUT2D eigenvalue weighted by Gasteiger charge is -2.12. The Morgan fingerprint density at radius 2 is 2.00 bits per heavy atom. The van der Waals surface area contributed by atoms with Gasteiger partial charge >= 0.3 is 0 Å². The topological polar surface area (TPSA) is 20.2 Å². The zero-order valence-electron chi connectivity index (χ0n) is 7.89. The van der Waals surface area contributed by atoms with Crippen LogP contribution in [0.5, 0.6) is 0 Å². The lowest BCUT2D eigenvalue weighted by molar-refractivity contribution is 0.314. The van der Waals surface area contributed by atoms with Gasteiger partial charge in [0.25, 0.3) is 0 Å². The molecule has 0 heterocycles. The highest BCUT2D eigenvalue weighted by Gasteiger charge is 2.07. The van der Waals surface area contributed by atoms with E-state index >= 15 is 0 Å². The van der Waals surface area contributed by atoms with Crippen molar-refractivity contribution in [2.75, 3.05) is 6.61 Å². The van der Waals surface area contributed by atoms with E-state index in [2.05, 4.69) is 19.9 Å². The summed E-state index contributed by atoms with van der Waals surface area (Å²) in [4.78, 5) is 0. The van der Waals surface area contributed by atoms with Gasteiger partial charge in [-0.05, 0) is 30.5 Å². The molecule has 1 nitrogen and oxygen atoms in total. The van der Waals surface area contributed by atoms with E-state index in [4.69, 9.17) is 5.11 Å². The maximum atomic E-state index is 8.97. The van der Waals surface area contributed by atoms with Crippen LogP contribution in [0.4, 0.5) is 0 Å². The van der Waals surface area contributed by atoms with Crippen molar-refractivity contribution >= 4 is 0 Å². The van der Waals surface area contributed by atoms with Crippen LogP contribution < -0.4 is 0 Å². The highest BCUT2D eigenvalue weighted by atomic mass is 16.3. The van der Waals surface area contributed by atoms with Crippen LogP contribution in [-0.4, -0.2) is 11.7 Å². The monoisotopic (exact) mass is 163 g/mol. The first-order valence-corrected chi connectivity index (χ1v) is 4.16. The smallest absolute Gasteiger partial charge is 0.0534 e. The third-order valence-corrected chi connectivity index (χ3v) is 2.30. The first kappa shape index (κ1) is 9.27. The van der Waals surface area contributed by atoms with Crippen molar-refractivity contribution in [3.63, 3.8) is 0 Å². The van der Waals surface area contributed by atoms with Crippen molar-refractivity contribution in [3.8, 4) is 0 Å². The zero-order chi connectivity index (χ0) is 9.14. The second kappa shape index (κ2) is 3.72. The molecular weight excluding hydrogens is 148 g/mol. The van der Waals surface area contributed by atoms with Gasteiger partial charge in [-0.15, -0.1) is 0 Å². The van der Waals surface area contributed by atoms with Gasteiger partial charge in [-0.3, -0.25) is 0 Å². The largest absolute Gasteiger partial charge is 0.395 e. The maximum absolute atomic E-state index is 8.97. The second-order valence-corrected chi connectivity index (χ2v) is 3.19. The molecule has 1 aromatic rings. The fraction of sp³-hybridized carbons (Fsp3) is 0.364. The Hall–Kier alpha value is -0.820. The SMILES string of the molecule is C[C](CO)c1cccc(C)c1C. The molecule has 1 rings (SSSR count). The minimum atomic E-state index is 0.143. The standard InChI is InChI=1S/C11H15O/c1-8-5-4-6-11(10(8)3)9(2)7-12/h4-6,12H,7H2,1-3H3. The van der Waals surface area contributed by atoms with Gasteiger partial charge in [-0.1, -0.05) is 25.1 Å². The summed E-state index contributed by atoms with van der Waals surface area (Å²) in [6, 6.07) is 6.16. The molecule has 1 N–H and O–H groups in total. The Bertz CT molecular complexity index is 266. The summed E-state index contributed by atoms with van der Waals surface area (Å²) < 4.78 is 0. The van der Waals surface area contributed by atoms with E-state index in [9.17, 15) is 0 Å². The Morgan fingerprint density at radius 1 is 1.33 bits per heavy atom. The molecule has 0 aliphatic heterocycles. The molecule has 0 bridgehead atoms. The fourth-order valence-corrected chi connectivity index (χ4v) is 1.30. The highest BCUT2D eigenvalue weighted by molar-refractivity contribution is 5.41. The molecule has 0 aliphatic rings. The average molecular weight is 163 g/mol. The number of aliphatic hydroxyl groups is 1. The quantitative estimate of drug-likeness (QED) is 0.709. The van der Waals surface area contributed by atoms with E-state index in [-0.39, 0.29) is 6.61 Å². The number of hydrogen-bond acceptors (Lipinski definition) is 1. The van der Waals surface area contributed by atoms with E-state index in [0.717, 1.165) is 5.92 Å². The van der Waals surface area contributed by atoms with Gasteiger partial charge in [0.05, 0.1) is 6.61 Å². The van der Waals surface area contributed by atoms with Gasteiger partial charge in [0.15, 0.2) is 0 Å². The minimum absolute atomic E-state index is 0.143. The average Bonchev–Trinajstić information content (AvgIpc) is 2.08. The van der Waals surface area contributed by atoms with Gasteiger partial charge < -0.3 is 5.11 Å². The van der Waals surface area contributed by atoms with Crippen LogP contribution in [0.2, 0.25) is 0 Å². The number of hydrogen-bond donors (Lipinski definition) is 1. The molecule has 0 saturated heterocycles. The molecule has 1 radical (unpaired) electrons. The van der Waals surface area contributed by atoms with E-state index in [1.807, 2.05) is 19.1 Å². The molecule has 65 valence electrons. The molecular formula is C11H15O. The van der Waals surface area contributed by atoms with Crippen LogP contribution in [0.1, 0.15) is 23.6 Å². The van der Waals surface area contributed by atoms with Crippen molar-refractivity contribution < 1.29 is 5.11 Å². The summed E-state index contributed by atoms with van der Waals surface area (Å²) in [6.45, 7) is 6.28. The van der Waals surface area contributed by atoms with Crippen molar-refractivity contribution in [3.05, 3.63) is 40.8 Å². The number of rotatable bonds is 2. The Morgan fingerprint density at radius 3 is 2.58 bits per heavy atom. The van der Waals surface area contributed by atoms with Gasteiger partial charge in [0, 0.05) is 5.92 Å². The van der Waals surface area contributed by atoms with Crippen LogP contribution in [0.15, 0.2) is 18.2 Å². The normalized spacial score (nSPS) is 10.8. The minimum Gasteiger partial charge on any atom is -0.395 e. The van der Waals surface area contributed by atoms with E-state index in [0.29, 0.717) is 0 Å².